The Morgan fingerprint density at radius 1 is 1.08 bits per heavy atom. The number of hydrogen-bond acceptors (Lipinski definition) is 3. The quantitative estimate of drug-likeness (QED) is 0.441. The molecule has 2 rings (SSSR count). The zero-order valence-corrected chi connectivity index (χ0v) is 15.3. The first kappa shape index (κ1) is 18.6. The third-order valence-corrected chi connectivity index (χ3v) is 3.98. The van der Waals surface area contributed by atoms with Crippen molar-refractivity contribution in [1.82, 2.24) is 10.6 Å². The van der Waals surface area contributed by atoms with Crippen molar-refractivity contribution in [2.75, 3.05) is 39.2 Å². The van der Waals surface area contributed by atoms with Crippen LogP contribution in [0, 0.1) is 0 Å². The minimum atomic E-state index is 0.709. The van der Waals surface area contributed by atoms with E-state index in [-0.39, 0.29) is 0 Å². The number of para-hydroxylation sites is 1. The summed E-state index contributed by atoms with van der Waals surface area (Å²) < 4.78 is 5.25. The lowest BCUT2D eigenvalue weighted by molar-refractivity contribution is 0.414. The van der Waals surface area contributed by atoms with Gasteiger partial charge in [0.05, 0.1) is 7.11 Å². The van der Waals surface area contributed by atoms with E-state index in [2.05, 4.69) is 57.9 Å². The second-order valence-electron chi connectivity index (χ2n) is 5.81. The Morgan fingerprint density at radius 3 is 2.60 bits per heavy atom. The maximum atomic E-state index is 5.25. The Balaban J connectivity index is 1.70. The smallest absolute Gasteiger partial charge is 0.191 e. The van der Waals surface area contributed by atoms with Gasteiger partial charge in [-0.1, -0.05) is 30.3 Å². The zero-order valence-electron chi connectivity index (χ0n) is 15.3. The van der Waals surface area contributed by atoms with Crippen LogP contribution in [0.3, 0.4) is 0 Å². The van der Waals surface area contributed by atoms with Crippen molar-refractivity contribution in [3.05, 3.63) is 60.2 Å². The molecule has 134 valence electrons. The zero-order chi connectivity index (χ0) is 17.9. The third-order valence-electron chi connectivity index (χ3n) is 3.98. The van der Waals surface area contributed by atoms with Gasteiger partial charge < -0.3 is 20.3 Å². The summed E-state index contributed by atoms with van der Waals surface area (Å²) >= 11 is 0. The number of rotatable bonds is 8. The number of ether oxygens (including phenoxy) is 1. The molecule has 2 aromatic rings. The van der Waals surface area contributed by atoms with Crippen molar-refractivity contribution in [1.29, 1.82) is 0 Å². The maximum Gasteiger partial charge on any atom is 0.191 e. The Hall–Kier alpha value is -2.69. The molecule has 0 aliphatic rings. The number of nitrogens with one attached hydrogen (secondary N) is 2. The number of benzene rings is 2. The first-order chi connectivity index (χ1) is 12.2. The molecule has 0 heterocycles. The van der Waals surface area contributed by atoms with Crippen molar-refractivity contribution < 1.29 is 4.74 Å². The molecule has 0 amide bonds. The SMILES string of the molecule is CN=C(NCCCN(C)c1ccccc1)NCc1cccc(OC)c1. The normalized spacial score (nSPS) is 11.1. The predicted octanol–water partition coefficient (Wildman–Crippen LogP) is 2.89. The Bertz CT molecular complexity index is 658. The third kappa shape index (κ3) is 6.37. The first-order valence-corrected chi connectivity index (χ1v) is 8.56. The highest BCUT2D eigenvalue weighted by molar-refractivity contribution is 5.79. The highest BCUT2D eigenvalue weighted by Crippen LogP contribution is 2.12. The standard InChI is InChI=1S/C20H28N4O/c1-21-20(23-16-17-9-7-12-19(15-17)25-3)22-13-8-14-24(2)18-10-5-4-6-11-18/h4-7,9-12,15H,8,13-14,16H2,1-3H3,(H2,21,22,23). The summed E-state index contributed by atoms with van der Waals surface area (Å²) in [6.07, 6.45) is 1.03. The molecule has 0 saturated heterocycles. The summed E-state index contributed by atoms with van der Waals surface area (Å²) in [6, 6.07) is 18.4. The molecular formula is C20H28N4O. The molecule has 0 spiro atoms. The van der Waals surface area contributed by atoms with E-state index in [9.17, 15) is 0 Å². The lowest BCUT2D eigenvalue weighted by atomic mass is 10.2. The average molecular weight is 340 g/mol. The van der Waals surface area contributed by atoms with Gasteiger partial charge in [-0.3, -0.25) is 4.99 Å². The van der Waals surface area contributed by atoms with Crippen LogP contribution in [-0.4, -0.2) is 40.3 Å². The molecule has 0 bridgehead atoms. The van der Waals surface area contributed by atoms with Gasteiger partial charge in [-0.05, 0) is 36.2 Å². The Kier molecular flexibility index (Phi) is 7.63. The fourth-order valence-electron chi connectivity index (χ4n) is 2.52. The van der Waals surface area contributed by atoms with Crippen LogP contribution >= 0.6 is 0 Å². The van der Waals surface area contributed by atoms with E-state index in [4.69, 9.17) is 4.74 Å². The molecule has 0 aliphatic carbocycles. The van der Waals surface area contributed by atoms with Crippen LogP contribution in [-0.2, 0) is 6.54 Å². The topological polar surface area (TPSA) is 48.9 Å². The van der Waals surface area contributed by atoms with Gasteiger partial charge in [0.25, 0.3) is 0 Å². The highest BCUT2D eigenvalue weighted by Gasteiger charge is 2.02. The number of hydrogen-bond donors (Lipinski definition) is 2. The monoisotopic (exact) mass is 340 g/mol. The molecule has 0 unspecified atom stereocenters. The molecular weight excluding hydrogens is 312 g/mol. The molecule has 25 heavy (non-hydrogen) atoms. The lowest BCUT2D eigenvalue weighted by Gasteiger charge is -2.19. The van der Waals surface area contributed by atoms with Gasteiger partial charge in [0.2, 0.25) is 0 Å². The number of anilines is 1. The van der Waals surface area contributed by atoms with Gasteiger partial charge in [0.1, 0.15) is 5.75 Å². The van der Waals surface area contributed by atoms with Crippen LogP contribution in [0.5, 0.6) is 5.75 Å². The van der Waals surface area contributed by atoms with Crippen LogP contribution in [0.15, 0.2) is 59.6 Å². The second kappa shape index (κ2) is 10.2. The minimum absolute atomic E-state index is 0.709. The van der Waals surface area contributed by atoms with Crippen LogP contribution in [0.25, 0.3) is 0 Å². The summed E-state index contributed by atoms with van der Waals surface area (Å²) in [4.78, 5) is 6.53. The van der Waals surface area contributed by atoms with Crippen molar-refractivity contribution >= 4 is 11.6 Å². The van der Waals surface area contributed by atoms with E-state index in [0.717, 1.165) is 36.8 Å². The van der Waals surface area contributed by atoms with Gasteiger partial charge in [0.15, 0.2) is 5.96 Å². The van der Waals surface area contributed by atoms with Gasteiger partial charge >= 0.3 is 0 Å². The molecule has 5 nitrogen and oxygen atoms in total. The van der Waals surface area contributed by atoms with Gasteiger partial charge in [-0.15, -0.1) is 0 Å². The van der Waals surface area contributed by atoms with Crippen LogP contribution in [0.1, 0.15) is 12.0 Å². The number of methoxy groups -OCH3 is 1. The van der Waals surface area contributed by atoms with E-state index < -0.39 is 0 Å². The van der Waals surface area contributed by atoms with E-state index in [1.54, 1.807) is 14.2 Å². The highest BCUT2D eigenvalue weighted by atomic mass is 16.5. The number of aliphatic imine (C=N–C) groups is 1. The Labute approximate surface area is 150 Å². The Morgan fingerprint density at radius 2 is 1.88 bits per heavy atom. The lowest BCUT2D eigenvalue weighted by Crippen LogP contribution is -2.38. The van der Waals surface area contributed by atoms with Crippen molar-refractivity contribution in [2.24, 2.45) is 4.99 Å². The summed E-state index contributed by atoms with van der Waals surface area (Å²) in [5.41, 5.74) is 2.40. The van der Waals surface area contributed by atoms with Gasteiger partial charge in [-0.2, -0.15) is 0 Å². The molecule has 0 fully saturated rings. The molecule has 5 heteroatoms. The van der Waals surface area contributed by atoms with Gasteiger partial charge in [0, 0.05) is 39.4 Å². The molecule has 0 radical (unpaired) electrons. The largest absolute Gasteiger partial charge is 0.497 e. The fraction of sp³-hybridized carbons (Fsp3) is 0.350. The van der Waals surface area contributed by atoms with E-state index in [0.29, 0.717) is 6.54 Å². The van der Waals surface area contributed by atoms with Crippen LogP contribution in [0.2, 0.25) is 0 Å². The molecule has 2 aromatic carbocycles. The average Bonchev–Trinajstić information content (AvgIpc) is 2.68. The summed E-state index contributed by atoms with van der Waals surface area (Å²) in [7, 11) is 5.59. The van der Waals surface area contributed by atoms with Crippen LogP contribution in [0.4, 0.5) is 5.69 Å². The second-order valence-corrected chi connectivity index (χ2v) is 5.81. The van der Waals surface area contributed by atoms with Crippen molar-refractivity contribution in [3.63, 3.8) is 0 Å². The fourth-order valence-corrected chi connectivity index (χ4v) is 2.52. The number of nitrogens with zero attached hydrogens (tertiary/aromatic N) is 2. The maximum absolute atomic E-state index is 5.25. The predicted molar refractivity (Wildman–Crippen MR) is 106 cm³/mol. The van der Waals surface area contributed by atoms with E-state index in [1.807, 2.05) is 24.3 Å². The minimum Gasteiger partial charge on any atom is -0.497 e. The van der Waals surface area contributed by atoms with Crippen molar-refractivity contribution in [3.8, 4) is 5.75 Å². The molecule has 0 saturated carbocycles. The van der Waals surface area contributed by atoms with E-state index in [1.165, 1.54) is 5.69 Å². The van der Waals surface area contributed by atoms with E-state index >= 15 is 0 Å². The summed E-state index contributed by atoms with van der Waals surface area (Å²) in [5, 5.41) is 6.68. The van der Waals surface area contributed by atoms with Gasteiger partial charge in [-0.25, -0.2) is 0 Å². The van der Waals surface area contributed by atoms with Crippen molar-refractivity contribution in [2.45, 2.75) is 13.0 Å². The summed E-state index contributed by atoms with van der Waals surface area (Å²) in [6.45, 7) is 2.57. The molecule has 2 N–H and O–H groups in total. The number of guanidine groups is 1. The molecule has 0 aromatic heterocycles. The molecule has 0 aliphatic heterocycles. The molecule has 0 atom stereocenters. The first-order valence-electron chi connectivity index (χ1n) is 8.56. The van der Waals surface area contributed by atoms with Crippen LogP contribution < -0.4 is 20.3 Å². The summed E-state index contributed by atoms with van der Waals surface area (Å²) in [5.74, 6) is 1.68.